The SMILES string of the molecule is CC(C)CC[C@@H](O)[C@](C)(O)[C@H]1CC[C@@]2(O)[C@@H]3CC(=O)[C@@H]4C[C@@H](O)[C@@H](O)C[C@]4(C)[C@H]3[C@@H](O)C[C@]12C. The van der Waals surface area contributed by atoms with Crippen LogP contribution in [0.25, 0.3) is 0 Å². The summed E-state index contributed by atoms with van der Waals surface area (Å²) in [4.78, 5) is 13.3. The molecule has 0 aromatic carbocycles. The summed E-state index contributed by atoms with van der Waals surface area (Å²) < 4.78 is 0. The molecule has 7 nitrogen and oxygen atoms in total. The van der Waals surface area contributed by atoms with Gasteiger partial charge in [0.05, 0.1) is 35.6 Å². The molecule has 4 saturated carbocycles. The first-order valence-electron chi connectivity index (χ1n) is 13.3. The van der Waals surface area contributed by atoms with Crippen LogP contribution in [-0.4, -0.2) is 72.0 Å². The van der Waals surface area contributed by atoms with E-state index >= 15 is 0 Å². The second-order valence-corrected chi connectivity index (χ2v) is 13.4. The van der Waals surface area contributed by atoms with Gasteiger partial charge in [0.15, 0.2) is 0 Å². The molecule has 0 spiro atoms. The Labute approximate surface area is 203 Å². The first-order chi connectivity index (χ1) is 15.6. The van der Waals surface area contributed by atoms with Crippen LogP contribution in [0.3, 0.4) is 0 Å². The first-order valence-corrected chi connectivity index (χ1v) is 13.3. The summed E-state index contributed by atoms with van der Waals surface area (Å²) >= 11 is 0. The lowest BCUT2D eigenvalue weighted by atomic mass is 9.41. The lowest BCUT2D eigenvalue weighted by molar-refractivity contribution is -0.258. The van der Waals surface area contributed by atoms with Gasteiger partial charge in [0.1, 0.15) is 5.78 Å². The molecule has 4 rings (SSSR count). The maximum absolute atomic E-state index is 13.3. The van der Waals surface area contributed by atoms with Gasteiger partial charge in [-0.05, 0) is 75.0 Å². The standard InChI is InChI=1S/C27H46O7/c1-14(2)6-7-22(32)26(5,33)21-8-9-27(34)16-11-17(28)15-10-18(29)19(30)12-24(15,3)23(16)20(31)13-25(21,27)4/h14-16,18-23,29-34H,6-13H2,1-5H3/t15-,16+,18+,19-,20-,21-,22+,23+,24-,25+,26+,27+/m0/s1. The van der Waals surface area contributed by atoms with Crippen LogP contribution < -0.4 is 0 Å². The number of carbonyl (C=O) groups is 1. The summed E-state index contributed by atoms with van der Waals surface area (Å²) in [5.41, 5.74) is -4.29. The fraction of sp³-hybridized carbons (Fsp3) is 0.963. The van der Waals surface area contributed by atoms with Gasteiger partial charge < -0.3 is 30.6 Å². The van der Waals surface area contributed by atoms with Crippen molar-refractivity contribution in [3.05, 3.63) is 0 Å². The summed E-state index contributed by atoms with van der Waals surface area (Å²) in [6.07, 6.45) is -0.753. The van der Waals surface area contributed by atoms with E-state index in [-0.39, 0.29) is 37.4 Å². The molecule has 6 N–H and O–H groups in total. The highest BCUT2D eigenvalue weighted by Gasteiger charge is 2.73. The number of fused-ring (bicyclic) bond motifs is 5. The van der Waals surface area contributed by atoms with Crippen LogP contribution in [0.4, 0.5) is 0 Å². The highest BCUT2D eigenvalue weighted by Crippen LogP contribution is 2.69. The molecule has 0 radical (unpaired) electrons. The minimum absolute atomic E-state index is 0.0215. The molecule has 0 saturated heterocycles. The fourth-order valence-electron chi connectivity index (χ4n) is 9.10. The zero-order valence-electron chi connectivity index (χ0n) is 21.4. The number of hydrogen-bond acceptors (Lipinski definition) is 7. The van der Waals surface area contributed by atoms with Crippen molar-refractivity contribution in [2.75, 3.05) is 0 Å². The second kappa shape index (κ2) is 8.49. The van der Waals surface area contributed by atoms with Crippen molar-refractivity contribution in [1.29, 1.82) is 0 Å². The molecule has 196 valence electrons. The molecule has 0 amide bonds. The van der Waals surface area contributed by atoms with Crippen LogP contribution in [0.2, 0.25) is 0 Å². The summed E-state index contributed by atoms with van der Waals surface area (Å²) in [6, 6.07) is 0. The van der Waals surface area contributed by atoms with Crippen LogP contribution in [0.5, 0.6) is 0 Å². The van der Waals surface area contributed by atoms with Crippen LogP contribution in [0, 0.1) is 40.4 Å². The van der Waals surface area contributed by atoms with Crippen molar-refractivity contribution in [3.63, 3.8) is 0 Å². The number of ketones is 1. The monoisotopic (exact) mass is 482 g/mol. The van der Waals surface area contributed by atoms with Gasteiger partial charge in [-0.2, -0.15) is 0 Å². The highest BCUT2D eigenvalue weighted by molar-refractivity contribution is 5.83. The van der Waals surface area contributed by atoms with Gasteiger partial charge in [0.2, 0.25) is 0 Å². The third-order valence-electron chi connectivity index (χ3n) is 11.0. The van der Waals surface area contributed by atoms with Crippen LogP contribution >= 0.6 is 0 Å². The molecule has 0 aliphatic heterocycles. The summed E-state index contributed by atoms with van der Waals surface area (Å²) in [5.74, 6) is -1.39. The van der Waals surface area contributed by atoms with Crippen LogP contribution in [-0.2, 0) is 4.79 Å². The van der Waals surface area contributed by atoms with E-state index in [2.05, 4.69) is 13.8 Å². The van der Waals surface area contributed by atoms with E-state index in [1.165, 1.54) is 0 Å². The Morgan fingerprint density at radius 3 is 2.32 bits per heavy atom. The maximum Gasteiger partial charge on any atom is 0.137 e. The van der Waals surface area contributed by atoms with Crippen molar-refractivity contribution >= 4 is 5.78 Å². The fourth-order valence-corrected chi connectivity index (χ4v) is 9.10. The third kappa shape index (κ3) is 3.64. The predicted molar refractivity (Wildman–Crippen MR) is 127 cm³/mol. The molecule has 12 atom stereocenters. The Hall–Kier alpha value is -0.570. The molecule has 0 heterocycles. The van der Waals surface area contributed by atoms with Gasteiger partial charge in [0, 0.05) is 23.7 Å². The van der Waals surface area contributed by atoms with Crippen LogP contribution in [0.1, 0.15) is 86.0 Å². The van der Waals surface area contributed by atoms with E-state index < -0.39 is 64.2 Å². The van der Waals surface area contributed by atoms with Crippen molar-refractivity contribution < 1.29 is 35.4 Å². The van der Waals surface area contributed by atoms with Crippen LogP contribution in [0.15, 0.2) is 0 Å². The molecule has 0 aromatic rings. The van der Waals surface area contributed by atoms with Crippen molar-refractivity contribution in [1.82, 2.24) is 0 Å². The van der Waals surface area contributed by atoms with E-state index in [1.807, 2.05) is 13.8 Å². The van der Waals surface area contributed by atoms with Crippen molar-refractivity contribution in [2.45, 2.75) is 122 Å². The number of aliphatic hydroxyl groups is 6. The lowest BCUT2D eigenvalue weighted by Crippen LogP contribution is -2.70. The van der Waals surface area contributed by atoms with E-state index in [1.54, 1.807) is 6.92 Å². The number of carbonyl (C=O) groups excluding carboxylic acids is 1. The number of Topliss-reactive ketones (excluding diaryl/α,β-unsaturated/α-hetero) is 1. The van der Waals surface area contributed by atoms with Crippen molar-refractivity contribution in [3.8, 4) is 0 Å². The van der Waals surface area contributed by atoms with Gasteiger partial charge in [-0.3, -0.25) is 4.79 Å². The normalized spacial score (nSPS) is 51.4. The average Bonchev–Trinajstić information content (AvgIpc) is 2.99. The topological polar surface area (TPSA) is 138 Å². The number of aliphatic hydroxyl groups excluding tert-OH is 4. The van der Waals surface area contributed by atoms with Gasteiger partial charge in [0.25, 0.3) is 0 Å². The quantitative estimate of drug-likeness (QED) is 0.351. The largest absolute Gasteiger partial charge is 0.393 e. The zero-order valence-corrected chi connectivity index (χ0v) is 21.4. The highest BCUT2D eigenvalue weighted by atomic mass is 16.3. The molecule has 4 aliphatic rings. The summed E-state index contributed by atoms with van der Waals surface area (Å²) in [6.45, 7) is 9.63. The Morgan fingerprint density at radius 1 is 1.06 bits per heavy atom. The first kappa shape index (κ1) is 26.5. The summed E-state index contributed by atoms with van der Waals surface area (Å²) in [5, 5.41) is 67.1. The number of hydrogen-bond donors (Lipinski definition) is 6. The molecule has 4 aliphatic carbocycles. The van der Waals surface area contributed by atoms with E-state index in [0.29, 0.717) is 25.2 Å². The second-order valence-electron chi connectivity index (χ2n) is 13.4. The smallest absolute Gasteiger partial charge is 0.137 e. The van der Waals surface area contributed by atoms with E-state index in [9.17, 15) is 35.4 Å². The third-order valence-corrected chi connectivity index (χ3v) is 11.0. The molecule has 4 fully saturated rings. The van der Waals surface area contributed by atoms with E-state index in [4.69, 9.17) is 0 Å². The Bertz CT molecular complexity index is 798. The Balaban J connectivity index is 1.68. The molecule has 0 bridgehead atoms. The Kier molecular flexibility index (Phi) is 6.61. The van der Waals surface area contributed by atoms with Crippen molar-refractivity contribution in [2.24, 2.45) is 40.4 Å². The predicted octanol–water partition coefficient (Wildman–Crippen LogP) is 1.79. The zero-order chi connectivity index (χ0) is 25.4. The maximum atomic E-state index is 13.3. The molecular weight excluding hydrogens is 436 g/mol. The lowest BCUT2D eigenvalue weighted by Gasteiger charge is -2.65. The van der Waals surface area contributed by atoms with Gasteiger partial charge >= 0.3 is 0 Å². The van der Waals surface area contributed by atoms with Gasteiger partial charge in [-0.15, -0.1) is 0 Å². The minimum atomic E-state index is -1.43. The number of rotatable bonds is 5. The minimum Gasteiger partial charge on any atom is -0.393 e. The Morgan fingerprint density at radius 2 is 1.71 bits per heavy atom. The molecule has 0 aromatic heterocycles. The average molecular weight is 483 g/mol. The molecular formula is C27H46O7. The molecule has 0 unspecified atom stereocenters. The molecule has 34 heavy (non-hydrogen) atoms. The van der Waals surface area contributed by atoms with Gasteiger partial charge in [-0.1, -0.05) is 27.7 Å². The molecule has 7 heteroatoms. The summed E-state index contributed by atoms with van der Waals surface area (Å²) in [7, 11) is 0. The van der Waals surface area contributed by atoms with E-state index in [0.717, 1.165) is 6.42 Å². The van der Waals surface area contributed by atoms with Gasteiger partial charge in [-0.25, -0.2) is 0 Å².